The number of hydrogen-bond acceptors (Lipinski definition) is 4. The molecule has 0 spiro atoms. The summed E-state index contributed by atoms with van der Waals surface area (Å²) in [6.45, 7) is 8.57. The molecule has 1 aromatic rings. The summed E-state index contributed by atoms with van der Waals surface area (Å²) in [5.41, 5.74) is 2.44. The van der Waals surface area contributed by atoms with Gasteiger partial charge in [-0.3, -0.25) is 9.69 Å². The van der Waals surface area contributed by atoms with Crippen molar-refractivity contribution < 1.29 is 19.1 Å². The van der Waals surface area contributed by atoms with Crippen LogP contribution < -0.4 is 10.6 Å². The smallest absolute Gasteiger partial charge is 0.338 e. The van der Waals surface area contributed by atoms with Crippen LogP contribution in [0.5, 0.6) is 0 Å². The monoisotopic (exact) mass is 455 g/mol. The van der Waals surface area contributed by atoms with Crippen LogP contribution in [-0.2, 0) is 14.3 Å². The molecule has 2 aliphatic rings. The van der Waals surface area contributed by atoms with E-state index >= 15 is 0 Å². The number of nitrogens with zero attached hydrogens (tertiary/aromatic N) is 1. The van der Waals surface area contributed by atoms with Crippen LogP contribution in [0.4, 0.5) is 10.5 Å². The molecule has 1 aromatic carbocycles. The molecule has 180 valence electrons. The van der Waals surface area contributed by atoms with Crippen LogP contribution >= 0.6 is 0 Å². The van der Waals surface area contributed by atoms with Crippen molar-refractivity contribution in [2.75, 3.05) is 18.5 Å². The van der Waals surface area contributed by atoms with E-state index in [0.717, 1.165) is 37.7 Å². The molecule has 3 amide bonds. The molecule has 3 rings (SSSR count). The minimum atomic E-state index is -0.642. The third-order valence-corrected chi connectivity index (χ3v) is 6.27. The van der Waals surface area contributed by atoms with Gasteiger partial charge in [0.1, 0.15) is 0 Å². The van der Waals surface area contributed by atoms with Gasteiger partial charge in [-0.15, -0.1) is 0 Å². The number of hydrogen-bond donors (Lipinski definition) is 2. The zero-order valence-corrected chi connectivity index (χ0v) is 20.3. The summed E-state index contributed by atoms with van der Waals surface area (Å²) >= 11 is 0. The topological polar surface area (TPSA) is 87.7 Å². The maximum Gasteiger partial charge on any atom is 0.338 e. The number of urea groups is 1. The highest BCUT2D eigenvalue weighted by atomic mass is 16.5. The number of benzene rings is 1. The van der Waals surface area contributed by atoms with E-state index in [1.54, 1.807) is 11.8 Å². The molecule has 1 aliphatic carbocycles. The molecule has 1 heterocycles. The number of anilines is 1. The van der Waals surface area contributed by atoms with Crippen molar-refractivity contribution in [3.63, 3.8) is 0 Å². The first-order valence-corrected chi connectivity index (χ1v) is 12.2. The second-order valence-electron chi connectivity index (χ2n) is 9.48. The molecule has 1 fully saturated rings. The molecular formula is C26H37N3O4. The fourth-order valence-corrected chi connectivity index (χ4v) is 4.51. The second-order valence-corrected chi connectivity index (χ2v) is 9.48. The summed E-state index contributed by atoms with van der Waals surface area (Å²) in [4.78, 5) is 40.3. The number of carbonyl (C=O) groups excluding carboxylic acids is 3. The quantitative estimate of drug-likeness (QED) is 0.530. The van der Waals surface area contributed by atoms with Gasteiger partial charge in [-0.1, -0.05) is 52.2 Å². The van der Waals surface area contributed by atoms with Crippen molar-refractivity contribution in [2.24, 2.45) is 11.8 Å². The molecule has 0 saturated heterocycles. The Balaban J connectivity index is 1.88. The van der Waals surface area contributed by atoms with Crippen molar-refractivity contribution in [3.8, 4) is 0 Å². The standard InChI is InChI=1S/C26H37N3O4/c1-5-14-29-18(4)22(25(31)33-16-17(2)3)23(28-26(29)32)20-12-9-13-21(15-20)27-24(30)19-10-7-6-8-11-19/h9,12-13,15,17,19,23H,5-8,10-11,14,16H2,1-4H3,(H,27,30)(H,28,32)/t23-/m0/s1. The van der Waals surface area contributed by atoms with Crippen LogP contribution in [0.15, 0.2) is 35.5 Å². The van der Waals surface area contributed by atoms with E-state index in [1.807, 2.05) is 45.0 Å². The first-order valence-electron chi connectivity index (χ1n) is 12.2. The summed E-state index contributed by atoms with van der Waals surface area (Å²) in [5.74, 6) is -0.138. The van der Waals surface area contributed by atoms with Crippen molar-refractivity contribution in [2.45, 2.75) is 72.3 Å². The van der Waals surface area contributed by atoms with Crippen molar-refractivity contribution in [1.82, 2.24) is 10.2 Å². The maximum atomic E-state index is 13.1. The van der Waals surface area contributed by atoms with E-state index in [0.29, 0.717) is 30.1 Å². The van der Waals surface area contributed by atoms with Crippen molar-refractivity contribution in [3.05, 3.63) is 41.1 Å². The lowest BCUT2D eigenvalue weighted by atomic mass is 9.88. The van der Waals surface area contributed by atoms with Crippen molar-refractivity contribution in [1.29, 1.82) is 0 Å². The van der Waals surface area contributed by atoms with Gasteiger partial charge >= 0.3 is 12.0 Å². The SMILES string of the molecule is CCCN1C(=O)N[C@@H](c2cccc(NC(=O)C3CCCCC3)c2)C(C(=O)OCC(C)C)=C1C. The van der Waals surface area contributed by atoms with Gasteiger partial charge in [0.2, 0.25) is 5.91 Å². The highest BCUT2D eigenvalue weighted by Crippen LogP contribution is 2.33. The Morgan fingerprint density at radius 1 is 1.21 bits per heavy atom. The van der Waals surface area contributed by atoms with E-state index in [4.69, 9.17) is 4.74 Å². The minimum Gasteiger partial charge on any atom is -0.462 e. The number of esters is 1. The number of allylic oxidation sites excluding steroid dienone is 1. The first kappa shape index (κ1) is 24.8. The molecule has 1 atom stereocenters. The van der Waals surface area contributed by atoms with Gasteiger partial charge in [-0.25, -0.2) is 9.59 Å². The fourth-order valence-electron chi connectivity index (χ4n) is 4.51. The molecule has 0 aromatic heterocycles. The number of rotatable bonds is 8. The van der Waals surface area contributed by atoms with Gasteiger partial charge < -0.3 is 15.4 Å². The average molecular weight is 456 g/mol. The van der Waals surface area contributed by atoms with Gasteiger partial charge in [0, 0.05) is 23.8 Å². The first-order chi connectivity index (χ1) is 15.8. The summed E-state index contributed by atoms with van der Waals surface area (Å²) in [5, 5.41) is 6.01. The second kappa shape index (κ2) is 11.3. The molecule has 7 heteroatoms. The molecule has 7 nitrogen and oxygen atoms in total. The van der Waals surface area contributed by atoms with Crippen LogP contribution in [0.2, 0.25) is 0 Å². The third-order valence-electron chi connectivity index (χ3n) is 6.27. The van der Waals surface area contributed by atoms with Crippen LogP contribution in [-0.4, -0.2) is 36.0 Å². The Hall–Kier alpha value is -2.83. The van der Waals surface area contributed by atoms with Gasteiger partial charge in [-0.2, -0.15) is 0 Å². The summed E-state index contributed by atoms with van der Waals surface area (Å²) < 4.78 is 5.56. The third kappa shape index (κ3) is 6.15. The normalized spacial score (nSPS) is 19.5. The molecule has 0 unspecified atom stereocenters. The fraction of sp³-hybridized carbons (Fsp3) is 0.577. The minimum absolute atomic E-state index is 0.0388. The largest absolute Gasteiger partial charge is 0.462 e. The van der Waals surface area contributed by atoms with E-state index in [1.165, 1.54) is 6.42 Å². The molecular weight excluding hydrogens is 418 g/mol. The van der Waals surface area contributed by atoms with E-state index in [9.17, 15) is 14.4 Å². The lowest BCUT2D eigenvalue weighted by molar-refractivity contribution is -0.140. The van der Waals surface area contributed by atoms with Crippen LogP contribution in [0.3, 0.4) is 0 Å². The Morgan fingerprint density at radius 3 is 2.61 bits per heavy atom. The molecule has 2 N–H and O–H groups in total. The van der Waals surface area contributed by atoms with E-state index in [-0.39, 0.29) is 23.8 Å². The zero-order valence-electron chi connectivity index (χ0n) is 20.3. The predicted octanol–water partition coefficient (Wildman–Crippen LogP) is 5.15. The number of amides is 3. The lowest BCUT2D eigenvalue weighted by Gasteiger charge is -2.35. The Bertz CT molecular complexity index is 903. The lowest BCUT2D eigenvalue weighted by Crippen LogP contribution is -2.48. The Labute approximate surface area is 196 Å². The highest BCUT2D eigenvalue weighted by molar-refractivity contribution is 5.95. The van der Waals surface area contributed by atoms with Gasteiger partial charge in [0.05, 0.1) is 18.2 Å². The Morgan fingerprint density at radius 2 is 1.94 bits per heavy atom. The number of ether oxygens (including phenoxy) is 1. The van der Waals surface area contributed by atoms with Crippen molar-refractivity contribution >= 4 is 23.6 Å². The van der Waals surface area contributed by atoms with E-state index in [2.05, 4.69) is 10.6 Å². The summed E-state index contributed by atoms with van der Waals surface area (Å²) in [7, 11) is 0. The molecule has 0 radical (unpaired) electrons. The average Bonchev–Trinajstić information content (AvgIpc) is 2.80. The molecule has 33 heavy (non-hydrogen) atoms. The van der Waals surface area contributed by atoms with Crippen LogP contribution in [0, 0.1) is 11.8 Å². The van der Waals surface area contributed by atoms with Gasteiger partial charge in [0.15, 0.2) is 0 Å². The van der Waals surface area contributed by atoms with Crippen LogP contribution in [0.1, 0.15) is 77.8 Å². The zero-order chi connectivity index (χ0) is 24.0. The highest BCUT2D eigenvalue weighted by Gasteiger charge is 2.36. The summed E-state index contributed by atoms with van der Waals surface area (Å²) in [6, 6.07) is 6.49. The predicted molar refractivity (Wildman–Crippen MR) is 128 cm³/mol. The van der Waals surface area contributed by atoms with Gasteiger partial charge in [-0.05, 0) is 49.8 Å². The van der Waals surface area contributed by atoms with E-state index < -0.39 is 12.0 Å². The Kier molecular flexibility index (Phi) is 8.53. The van der Waals surface area contributed by atoms with Crippen LogP contribution in [0.25, 0.3) is 0 Å². The number of nitrogens with one attached hydrogen (secondary N) is 2. The molecule has 1 saturated carbocycles. The maximum absolute atomic E-state index is 13.1. The molecule has 1 aliphatic heterocycles. The number of carbonyl (C=O) groups is 3. The van der Waals surface area contributed by atoms with Gasteiger partial charge in [0.25, 0.3) is 0 Å². The summed E-state index contributed by atoms with van der Waals surface area (Å²) in [6.07, 6.45) is 5.98. The molecule has 0 bridgehead atoms.